The SMILES string of the molecule is CCN(CCC(N)=NO)C(=O)c1ccc(Br)cc1F. The van der Waals surface area contributed by atoms with Gasteiger partial charge >= 0.3 is 0 Å². The van der Waals surface area contributed by atoms with Crippen molar-refractivity contribution in [3.8, 4) is 0 Å². The van der Waals surface area contributed by atoms with Crippen molar-refractivity contribution < 1.29 is 14.4 Å². The minimum Gasteiger partial charge on any atom is -0.409 e. The Kier molecular flexibility index (Phi) is 5.75. The lowest BCUT2D eigenvalue weighted by Crippen LogP contribution is -2.34. The molecule has 0 aliphatic rings. The van der Waals surface area contributed by atoms with E-state index in [1.165, 1.54) is 17.0 Å². The Morgan fingerprint density at radius 2 is 2.26 bits per heavy atom. The molecule has 1 aromatic rings. The van der Waals surface area contributed by atoms with Gasteiger partial charge < -0.3 is 15.8 Å². The van der Waals surface area contributed by atoms with E-state index < -0.39 is 11.7 Å². The Bertz CT molecular complexity index is 494. The predicted octanol–water partition coefficient (Wildman–Crippen LogP) is 2.19. The number of rotatable bonds is 5. The lowest BCUT2D eigenvalue weighted by atomic mass is 10.2. The van der Waals surface area contributed by atoms with Crippen LogP contribution in [-0.2, 0) is 0 Å². The van der Waals surface area contributed by atoms with E-state index in [4.69, 9.17) is 10.9 Å². The Balaban J connectivity index is 2.83. The molecule has 0 saturated heterocycles. The molecular formula is C12H15BrFN3O2. The van der Waals surface area contributed by atoms with Gasteiger partial charge in [-0.15, -0.1) is 0 Å². The molecule has 0 unspecified atom stereocenters. The molecule has 0 atom stereocenters. The number of nitrogens with zero attached hydrogens (tertiary/aromatic N) is 2. The van der Waals surface area contributed by atoms with Gasteiger partial charge in [-0.25, -0.2) is 4.39 Å². The van der Waals surface area contributed by atoms with Crippen LogP contribution in [0.5, 0.6) is 0 Å². The molecule has 0 radical (unpaired) electrons. The molecule has 0 aliphatic heterocycles. The van der Waals surface area contributed by atoms with Crippen LogP contribution in [0.15, 0.2) is 27.8 Å². The fourth-order valence-electron chi connectivity index (χ4n) is 1.54. The van der Waals surface area contributed by atoms with Crippen molar-refractivity contribution in [3.05, 3.63) is 34.1 Å². The van der Waals surface area contributed by atoms with Crippen molar-refractivity contribution in [2.24, 2.45) is 10.9 Å². The first-order chi connectivity index (χ1) is 8.99. The third kappa shape index (κ3) is 4.20. The van der Waals surface area contributed by atoms with Crippen LogP contribution in [0.4, 0.5) is 4.39 Å². The van der Waals surface area contributed by atoms with E-state index in [0.717, 1.165) is 0 Å². The summed E-state index contributed by atoms with van der Waals surface area (Å²) in [6.45, 7) is 2.45. The fraction of sp³-hybridized carbons (Fsp3) is 0.333. The summed E-state index contributed by atoms with van der Waals surface area (Å²) < 4.78 is 14.3. The zero-order chi connectivity index (χ0) is 14.4. The number of oxime groups is 1. The lowest BCUT2D eigenvalue weighted by molar-refractivity contribution is 0.0763. The number of amides is 1. The van der Waals surface area contributed by atoms with E-state index in [9.17, 15) is 9.18 Å². The van der Waals surface area contributed by atoms with Crippen LogP contribution in [-0.4, -0.2) is 34.9 Å². The molecule has 0 saturated carbocycles. The zero-order valence-electron chi connectivity index (χ0n) is 10.4. The van der Waals surface area contributed by atoms with E-state index in [1.807, 2.05) is 0 Å². The van der Waals surface area contributed by atoms with Crippen molar-refractivity contribution in [2.45, 2.75) is 13.3 Å². The molecule has 0 aliphatic carbocycles. The van der Waals surface area contributed by atoms with Gasteiger partial charge in [0.05, 0.1) is 5.56 Å². The van der Waals surface area contributed by atoms with Crippen LogP contribution in [0.2, 0.25) is 0 Å². The number of hydrogen-bond donors (Lipinski definition) is 2. The van der Waals surface area contributed by atoms with Crippen molar-refractivity contribution >= 4 is 27.7 Å². The Morgan fingerprint density at radius 3 is 2.79 bits per heavy atom. The monoisotopic (exact) mass is 331 g/mol. The van der Waals surface area contributed by atoms with Gasteiger partial charge in [-0.1, -0.05) is 21.1 Å². The molecule has 1 amide bonds. The van der Waals surface area contributed by atoms with E-state index >= 15 is 0 Å². The molecule has 0 spiro atoms. The van der Waals surface area contributed by atoms with Crippen molar-refractivity contribution in [1.29, 1.82) is 0 Å². The largest absolute Gasteiger partial charge is 0.409 e. The first kappa shape index (κ1) is 15.4. The minimum absolute atomic E-state index is 0.00422. The highest BCUT2D eigenvalue weighted by Crippen LogP contribution is 2.17. The summed E-state index contributed by atoms with van der Waals surface area (Å²) >= 11 is 3.13. The maximum atomic E-state index is 13.7. The standard InChI is InChI=1S/C12H15BrFN3O2/c1-2-17(6-5-11(15)16-19)12(18)9-4-3-8(13)7-10(9)14/h3-4,7,19H,2,5-6H2,1H3,(H2,15,16). The number of carbonyl (C=O) groups excluding carboxylic acids is 1. The van der Waals surface area contributed by atoms with Gasteiger partial charge in [0.15, 0.2) is 0 Å². The van der Waals surface area contributed by atoms with Crippen LogP contribution in [0.25, 0.3) is 0 Å². The molecule has 0 heterocycles. The second-order valence-electron chi connectivity index (χ2n) is 3.85. The summed E-state index contributed by atoms with van der Waals surface area (Å²) in [5, 5.41) is 11.3. The zero-order valence-corrected chi connectivity index (χ0v) is 12.0. The van der Waals surface area contributed by atoms with Crippen LogP contribution in [0, 0.1) is 5.82 Å². The molecule has 1 aromatic carbocycles. The molecule has 19 heavy (non-hydrogen) atoms. The normalized spacial score (nSPS) is 11.4. The van der Waals surface area contributed by atoms with Gasteiger partial charge in [0.2, 0.25) is 0 Å². The number of nitrogens with two attached hydrogens (primary N) is 1. The van der Waals surface area contributed by atoms with Gasteiger partial charge in [0.1, 0.15) is 11.7 Å². The third-order valence-electron chi connectivity index (χ3n) is 2.60. The van der Waals surface area contributed by atoms with Crippen LogP contribution >= 0.6 is 15.9 Å². The Hall–Kier alpha value is -1.63. The predicted molar refractivity (Wildman–Crippen MR) is 73.7 cm³/mol. The van der Waals surface area contributed by atoms with Crippen molar-refractivity contribution in [2.75, 3.05) is 13.1 Å². The molecule has 104 valence electrons. The van der Waals surface area contributed by atoms with Gasteiger partial charge in [-0.05, 0) is 25.1 Å². The number of amidine groups is 1. The maximum Gasteiger partial charge on any atom is 0.256 e. The molecule has 0 fully saturated rings. The topological polar surface area (TPSA) is 78.9 Å². The number of halogens is 2. The van der Waals surface area contributed by atoms with E-state index in [0.29, 0.717) is 11.0 Å². The second kappa shape index (κ2) is 7.08. The first-order valence-electron chi connectivity index (χ1n) is 5.70. The van der Waals surface area contributed by atoms with Crippen molar-refractivity contribution in [1.82, 2.24) is 4.90 Å². The maximum absolute atomic E-state index is 13.7. The van der Waals surface area contributed by atoms with Crippen molar-refractivity contribution in [3.63, 3.8) is 0 Å². The smallest absolute Gasteiger partial charge is 0.256 e. The Morgan fingerprint density at radius 1 is 1.58 bits per heavy atom. The van der Waals surface area contributed by atoms with E-state index in [1.54, 1.807) is 13.0 Å². The molecule has 7 heteroatoms. The number of hydrogen-bond acceptors (Lipinski definition) is 3. The van der Waals surface area contributed by atoms with Gasteiger partial charge in [-0.3, -0.25) is 4.79 Å². The summed E-state index contributed by atoms with van der Waals surface area (Å²) in [4.78, 5) is 13.6. The molecule has 0 aromatic heterocycles. The van der Waals surface area contributed by atoms with Gasteiger partial charge in [-0.2, -0.15) is 0 Å². The molecule has 5 nitrogen and oxygen atoms in total. The summed E-state index contributed by atoms with van der Waals surface area (Å²) in [5.74, 6) is -0.970. The molecular weight excluding hydrogens is 317 g/mol. The van der Waals surface area contributed by atoms with Crippen LogP contribution < -0.4 is 5.73 Å². The highest BCUT2D eigenvalue weighted by atomic mass is 79.9. The fourth-order valence-corrected chi connectivity index (χ4v) is 1.87. The van der Waals surface area contributed by atoms with Crippen LogP contribution in [0.3, 0.4) is 0 Å². The lowest BCUT2D eigenvalue weighted by Gasteiger charge is -2.20. The van der Waals surface area contributed by atoms with Gasteiger partial charge in [0.25, 0.3) is 5.91 Å². The summed E-state index contributed by atoms with van der Waals surface area (Å²) in [6, 6.07) is 4.27. The van der Waals surface area contributed by atoms with E-state index in [2.05, 4.69) is 21.1 Å². The quantitative estimate of drug-likeness (QED) is 0.375. The minimum atomic E-state index is -0.582. The summed E-state index contributed by atoms with van der Waals surface area (Å²) in [6.07, 6.45) is 0.230. The average molecular weight is 332 g/mol. The molecule has 1 rings (SSSR count). The average Bonchev–Trinajstić information content (AvgIpc) is 2.38. The van der Waals surface area contributed by atoms with Crippen LogP contribution in [0.1, 0.15) is 23.7 Å². The number of carbonyl (C=O) groups is 1. The first-order valence-corrected chi connectivity index (χ1v) is 6.49. The summed E-state index contributed by atoms with van der Waals surface area (Å²) in [5.41, 5.74) is 5.35. The highest BCUT2D eigenvalue weighted by Gasteiger charge is 2.18. The molecule has 0 bridgehead atoms. The number of benzene rings is 1. The van der Waals surface area contributed by atoms with Gasteiger partial charge in [0, 0.05) is 24.0 Å². The Labute approximate surface area is 119 Å². The highest BCUT2D eigenvalue weighted by molar-refractivity contribution is 9.10. The molecule has 3 N–H and O–H groups in total. The second-order valence-corrected chi connectivity index (χ2v) is 4.77. The summed E-state index contributed by atoms with van der Waals surface area (Å²) in [7, 11) is 0. The van der Waals surface area contributed by atoms with E-state index in [-0.39, 0.29) is 24.4 Å². The third-order valence-corrected chi connectivity index (χ3v) is 3.09.